The smallest absolute Gasteiger partial charge is 0.297 e. The SMILES string of the molecule is CC1(C)CCCN1CC(C#N)C(F)(F)F. The van der Waals surface area contributed by atoms with Crippen LogP contribution in [0.25, 0.3) is 0 Å². The lowest BCUT2D eigenvalue weighted by Gasteiger charge is -2.33. The number of nitrogens with zero attached hydrogens (tertiary/aromatic N) is 2. The third-order valence-electron chi connectivity index (χ3n) is 3.03. The number of nitriles is 1. The van der Waals surface area contributed by atoms with Gasteiger partial charge in [0.05, 0.1) is 6.07 Å². The van der Waals surface area contributed by atoms with Gasteiger partial charge >= 0.3 is 6.18 Å². The summed E-state index contributed by atoms with van der Waals surface area (Å²) in [5.74, 6) is -1.87. The fraction of sp³-hybridized carbons (Fsp3) is 0.900. The molecule has 1 unspecified atom stereocenters. The highest BCUT2D eigenvalue weighted by molar-refractivity contribution is 4.96. The standard InChI is InChI=1S/C10H15F3N2/c1-9(2)4-3-5-15(9)7-8(6-14)10(11,12)13/h8H,3-5,7H2,1-2H3. The molecule has 1 fully saturated rings. The molecule has 1 saturated heterocycles. The monoisotopic (exact) mass is 220 g/mol. The number of halogens is 3. The molecule has 0 radical (unpaired) electrons. The molecule has 2 nitrogen and oxygen atoms in total. The van der Waals surface area contributed by atoms with Crippen LogP contribution in [-0.2, 0) is 0 Å². The second kappa shape index (κ2) is 4.01. The van der Waals surface area contributed by atoms with Crippen molar-refractivity contribution in [2.24, 2.45) is 5.92 Å². The lowest BCUT2D eigenvalue weighted by molar-refractivity contribution is -0.164. The number of hydrogen-bond acceptors (Lipinski definition) is 2. The first-order valence-corrected chi connectivity index (χ1v) is 4.99. The second-order valence-corrected chi connectivity index (χ2v) is 4.59. The molecule has 0 aromatic heterocycles. The molecule has 15 heavy (non-hydrogen) atoms. The van der Waals surface area contributed by atoms with Crippen molar-refractivity contribution in [2.75, 3.05) is 13.1 Å². The van der Waals surface area contributed by atoms with E-state index in [4.69, 9.17) is 5.26 Å². The highest BCUT2D eigenvalue weighted by Crippen LogP contribution is 2.33. The number of hydrogen-bond donors (Lipinski definition) is 0. The van der Waals surface area contributed by atoms with Crippen LogP contribution in [0, 0.1) is 17.2 Å². The molecule has 0 amide bonds. The molecule has 1 rings (SSSR count). The lowest BCUT2D eigenvalue weighted by Crippen LogP contribution is -2.44. The number of likely N-dealkylation sites (tertiary alicyclic amines) is 1. The Kier molecular flexibility index (Phi) is 3.29. The van der Waals surface area contributed by atoms with Gasteiger partial charge in [-0.3, -0.25) is 4.90 Å². The summed E-state index contributed by atoms with van der Waals surface area (Å²) in [6.45, 7) is 4.30. The van der Waals surface area contributed by atoms with Crippen molar-refractivity contribution in [1.82, 2.24) is 4.90 Å². The molecule has 0 spiro atoms. The molecule has 1 aliphatic rings. The molecule has 0 aromatic rings. The molecule has 0 N–H and O–H groups in total. The van der Waals surface area contributed by atoms with Crippen molar-refractivity contribution in [3.05, 3.63) is 0 Å². The van der Waals surface area contributed by atoms with Crippen LogP contribution in [0.1, 0.15) is 26.7 Å². The van der Waals surface area contributed by atoms with E-state index in [2.05, 4.69) is 0 Å². The summed E-state index contributed by atoms with van der Waals surface area (Å²) >= 11 is 0. The van der Waals surface area contributed by atoms with E-state index in [0.29, 0.717) is 6.54 Å². The molecule has 0 aromatic carbocycles. The molecular formula is C10H15F3N2. The average Bonchev–Trinajstić information content (AvgIpc) is 2.39. The maximum absolute atomic E-state index is 12.4. The third-order valence-corrected chi connectivity index (χ3v) is 3.03. The minimum atomic E-state index is -4.41. The maximum atomic E-state index is 12.4. The first kappa shape index (κ1) is 12.3. The Morgan fingerprint density at radius 2 is 2.07 bits per heavy atom. The van der Waals surface area contributed by atoms with Crippen LogP contribution in [0.5, 0.6) is 0 Å². The normalized spacial score (nSPS) is 23.7. The molecule has 1 heterocycles. The summed E-state index contributed by atoms with van der Waals surface area (Å²) in [7, 11) is 0. The van der Waals surface area contributed by atoms with Crippen LogP contribution < -0.4 is 0 Å². The summed E-state index contributed by atoms with van der Waals surface area (Å²) in [5.41, 5.74) is -0.208. The van der Waals surface area contributed by atoms with Crippen molar-refractivity contribution in [3.8, 4) is 6.07 Å². The van der Waals surface area contributed by atoms with Gasteiger partial charge in [-0.25, -0.2) is 0 Å². The molecule has 1 atom stereocenters. The van der Waals surface area contributed by atoms with E-state index in [1.807, 2.05) is 13.8 Å². The Morgan fingerprint density at radius 3 is 2.40 bits per heavy atom. The number of alkyl halides is 3. The molecule has 0 aliphatic carbocycles. The van der Waals surface area contributed by atoms with Crippen LogP contribution >= 0.6 is 0 Å². The van der Waals surface area contributed by atoms with Gasteiger partial charge in [0.2, 0.25) is 0 Å². The van der Waals surface area contributed by atoms with Crippen LogP contribution in [0.2, 0.25) is 0 Å². The Balaban J connectivity index is 2.65. The Hall–Kier alpha value is -0.760. The van der Waals surface area contributed by atoms with Crippen LogP contribution in [0.4, 0.5) is 13.2 Å². The van der Waals surface area contributed by atoms with Crippen LogP contribution in [0.3, 0.4) is 0 Å². The van der Waals surface area contributed by atoms with Gasteiger partial charge in [0.25, 0.3) is 0 Å². The Labute approximate surface area is 87.7 Å². The van der Waals surface area contributed by atoms with Crippen molar-refractivity contribution >= 4 is 0 Å². The largest absolute Gasteiger partial charge is 0.405 e. The van der Waals surface area contributed by atoms with Crippen LogP contribution in [-0.4, -0.2) is 29.7 Å². The maximum Gasteiger partial charge on any atom is 0.405 e. The summed E-state index contributed by atoms with van der Waals surface area (Å²) in [4.78, 5) is 1.76. The van der Waals surface area contributed by atoms with Gasteiger partial charge in [-0.05, 0) is 33.2 Å². The van der Waals surface area contributed by atoms with Crippen molar-refractivity contribution in [1.29, 1.82) is 5.26 Å². The molecular weight excluding hydrogens is 205 g/mol. The average molecular weight is 220 g/mol. The zero-order valence-electron chi connectivity index (χ0n) is 8.93. The Bertz CT molecular complexity index is 265. The van der Waals surface area contributed by atoms with Crippen molar-refractivity contribution < 1.29 is 13.2 Å². The first-order chi connectivity index (χ1) is 6.77. The lowest BCUT2D eigenvalue weighted by atomic mass is 10.0. The third kappa shape index (κ3) is 2.85. The minimum Gasteiger partial charge on any atom is -0.297 e. The van der Waals surface area contributed by atoms with E-state index in [9.17, 15) is 13.2 Å². The molecule has 1 aliphatic heterocycles. The van der Waals surface area contributed by atoms with Gasteiger partial charge < -0.3 is 0 Å². The summed E-state index contributed by atoms with van der Waals surface area (Å²) < 4.78 is 37.1. The topological polar surface area (TPSA) is 27.0 Å². The van der Waals surface area contributed by atoms with Crippen molar-refractivity contribution in [3.63, 3.8) is 0 Å². The summed E-state index contributed by atoms with van der Waals surface area (Å²) in [6.07, 6.45) is -2.61. The van der Waals surface area contributed by atoms with Gasteiger partial charge in [-0.15, -0.1) is 0 Å². The summed E-state index contributed by atoms with van der Waals surface area (Å²) in [5, 5.41) is 8.50. The van der Waals surface area contributed by atoms with E-state index in [-0.39, 0.29) is 12.1 Å². The molecule has 86 valence electrons. The molecule has 0 bridgehead atoms. The highest BCUT2D eigenvalue weighted by atomic mass is 19.4. The van der Waals surface area contributed by atoms with Gasteiger partial charge in [0.15, 0.2) is 5.92 Å². The van der Waals surface area contributed by atoms with Crippen molar-refractivity contribution in [2.45, 2.75) is 38.4 Å². The fourth-order valence-corrected chi connectivity index (χ4v) is 1.94. The van der Waals surface area contributed by atoms with Gasteiger partial charge in [-0.1, -0.05) is 0 Å². The van der Waals surface area contributed by atoms with Gasteiger partial charge in [0.1, 0.15) is 0 Å². The molecule has 5 heteroatoms. The summed E-state index contributed by atoms with van der Waals surface area (Å²) in [6, 6.07) is 1.34. The zero-order chi connectivity index (χ0) is 11.7. The minimum absolute atomic E-state index is 0.201. The predicted octanol–water partition coefficient (Wildman–Crippen LogP) is 2.56. The van der Waals surface area contributed by atoms with E-state index in [0.717, 1.165) is 12.8 Å². The van der Waals surface area contributed by atoms with Gasteiger partial charge in [0, 0.05) is 12.1 Å². The van der Waals surface area contributed by atoms with Gasteiger partial charge in [-0.2, -0.15) is 18.4 Å². The Morgan fingerprint density at radius 1 is 1.47 bits per heavy atom. The van der Waals surface area contributed by atoms with Crippen LogP contribution in [0.15, 0.2) is 0 Å². The highest BCUT2D eigenvalue weighted by Gasteiger charge is 2.44. The quantitative estimate of drug-likeness (QED) is 0.715. The predicted molar refractivity (Wildman–Crippen MR) is 50.0 cm³/mol. The number of rotatable bonds is 2. The first-order valence-electron chi connectivity index (χ1n) is 4.99. The fourth-order valence-electron chi connectivity index (χ4n) is 1.94. The van der Waals surface area contributed by atoms with E-state index in [1.54, 1.807) is 4.90 Å². The van der Waals surface area contributed by atoms with E-state index >= 15 is 0 Å². The molecule has 0 saturated carbocycles. The second-order valence-electron chi connectivity index (χ2n) is 4.59. The van der Waals surface area contributed by atoms with E-state index < -0.39 is 12.1 Å². The zero-order valence-corrected chi connectivity index (χ0v) is 8.93. The van der Waals surface area contributed by atoms with E-state index in [1.165, 1.54) is 6.07 Å².